The minimum absolute atomic E-state index is 0.0148. The Kier molecular flexibility index (Phi) is 7.62. The second kappa shape index (κ2) is 9.71. The number of halogens is 1. The van der Waals surface area contributed by atoms with Gasteiger partial charge < -0.3 is 15.2 Å². The molecule has 1 heterocycles. The lowest BCUT2D eigenvalue weighted by Crippen LogP contribution is -2.49. The van der Waals surface area contributed by atoms with Crippen molar-refractivity contribution in [2.45, 2.75) is 44.9 Å². The molecular weight excluding hydrogens is 311 g/mol. The molecule has 1 unspecified atom stereocenters. The van der Waals surface area contributed by atoms with Crippen molar-refractivity contribution in [3.63, 3.8) is 0 Å². The summed E-state index contributed by atoms with van der Waals surface area (Å²) in [5.41, 5.74) is 0.882. The van der Waals surface area contributed by atoms with Crippen LogP contribution in [0.1, 0.15) is 31.7 Å². The van der Waals surface area contributed by atoms with Crippen molar-refractivity contribution < 1.29 is 19.0 Å². The largest absolute Gasteiger partial charge is 0.396 e. The van der Waals surface area contributed by atoms with Crippen LogP contribution in [-0.2, 0) is 16.1 Å². The van der Waals surface area contributed by atoms with Crippen LogP contribution in [0, 0.1) is 5.82 Å². The zero-order valence-electron chi connectivity index (χ0n) is 14.2. The Morgan fingerprint density at radius 2 is 2.04 bits per heavy atom. The van der Waals surface area contributed by atoms with E-state index in [-0.39, 0.29) is 30.5 Å². The van der Waals surface area contributed by atoms with Gasteiger partial charge in [-0.2, -0.15) is 0 Å². The van der Waals surface area contributed by atoms with Gasteiger partial charge >= 0.3 is 0 Å². The van der Waals surface area contributed by atoms with E-state index in [1.807, 2.05) is 6.92 Å². The van der Waals surface area contributed by atoms with E-state index in [9.17, 15) is 9.18 Å². The molecule has 2 rings (SSSR count). The molecule has 1 aromatic carbocycles. The smallest absolute Gasteiger partial charge is 0.237 e. The summed E-state index contributed by atoms with van der Waals surface area (Å²) in [6.07, 6.45) is 2.70. The Bertz CT molecular complexity index is 501. The van der Waals surface area contributed by atoms with E-state index in [1.54, 1.807) is 12.1 Å². The van der Waals surface area contributed by atoms with Crippen LogP contribution in [0.3, 0.4) is 0 Å². The fourth-order valence-corrected chi connectivity index (χ4v) is 2.85. The average molecular weight is 338 g/mol. The number of amides is 1. The Balaban J connectivity index is 1.70. The highest BCUT2D eigenvalue weighted by Crippen LogP contribution is 2.16. The molecule has 6 heteroatoms. The van der Waals surface area contributed by atoms with Gasteiger partial charge in [-0.15, -0.1) is 0 Å². The molecule has 1 aromatic rings. The molecule has 0 bridgehead atoms. The third-order valence-corrected chi connectivity index (χ3v) is 4.44. The number of benzene rings is 1. The topological polar surface area (TPSA) is 61.8 Å². The van der Waals surface area contributed by atoms with Crippen LogP contribution in [0.4, 0.5) is 4.39 Å². The molecule has 1 atom stereocenters. The van der Waals surface area contributed by atoms with Crippen molar-refractivity contribution in [2.75, 3.05) is 26.3 Å². The molecule has 24 heavy (non-hydrogen) atoms. The van der Waals surface area contributed by atoms with Gasteiger partial charge in [0.25, 0.3) is 0 Å². The number of carbonyl (C=O) groups excluding carboxylic acids is 1. The third-order valence-electron chi connectivity index (χ3n) is 4.44. The summed E-state index contributed by atoms with van der Waals surface area (Å²) in [7, 11) is 0. The van der Waals surface area contributed by atoms with Gasteiger partial charge in [0.15, 0.2) is 0 Å². The fraction of sp³-hybridized carbons (Fsp3) is 0.611. The number of hydrogen-bond acceptors (Lipinski definition) is 4. The lowest BCUT2D eigenvalue weighted by Gasteiger charge is -2.35. The minimum atomic E-state index is -0.275. The summed E-state index contributed by atoms with van der Waals surface area (Å²) in [6, 6.07) is 5.95. The van der Waals surface area contributed by atoms with Crippen LogP contribution in [-0.4, -0.2) is 54.4 Å². The van der Waals surface area contributed by atoms with Gasteiger partial charge in [0.05, 0.1) is 12.1 Å². The highest BCUT2D eigenvalue weighted by Gasteiger charge is 2.26. The lowest BCUT2D eigenvalue weighted by atomic mass is 10.1. The van der Waals surface area contributed by atoms with Crippen molar-refractivity contribution in [2.24, 2.45) is 0 Å². The highest BCUT2D eigenvalue weighted by atomic mass is 19.1. The summed E-state index contributed by atoms with van der Waals surface area (Å²) >= 11 is 0. The van der Waals surface area contributed by atoms with Crippen molar-refractivity contribution in [1.29, 1.82) is 0 Å². The molecule has 1 aliphatic rings. The van der Waals surface area contributed by atoms with E-state index in [4.69, 9.17) is 9.84 Å². The average Bonchev–Trinajstić information content (AvgIpc) is 2.61. The number of nitrogens with zero attached hydrogens (tertiary/aromatic N) is 1. The zero-order valence-corrected chi connectivity index (χ0v) is 14.2. The minimum Gasteiger partial charge on any atom is -0.396 e. The lowest BCUT2D eigenvalue weighted by molar-refractivity contribution is -0.127. The molecule has 1 fully saturated rings. The first kappa shape index (κ1) is 18.8. The standard InChI is InChI=1S/C18H27FN2O3/c1-14(18(23)20-13-15-3-5-16(19)6-4-15)21-9-7-17(8-10-21)24-12-2-11-22/h3-6,14,17,22H,2,7-13H2,1H3,(H,20,23). The Morgan fingerprint density at radius 1 is 1.38 bits per heavy atom. The van der Waals surface area contributed by atoms with E-state index in [2.05, 4.69) is 10.2 Å². The maximum Gasteiger partial charge on any atom is 0.237 e. The summed E-state index contributed by atoms with van der Waals surface area (Å²) in [4.78, 5) is 14.4. The monoisotopic (exact) mass is 338 g/mol. The molecule has 1 saturated heterocycles. The second-order valence-electron chi connectivity index (χ2n) is 6.20. The van der Waals surface area contributed by atoms with E-state index in [1.165, 1.54) is 12.1 Å². The van der Waals surface area contributed by atoms with E-state index in [0.717, 1.165) is 31.5 Å². The first-order valence-electron chi connectivity index (χ1n) is 8.59. The molecule has 5 nitrogen and oxygen atoms in total. The molecule has 0 aliphatic carbocycles. The number of hydrogen-bond donors (Lipinski definition) is 2. The van der Waals surface area contributed by atoms with Crippen molar-refractivity contribution in [1.82, 2.24) is 10.2 Å². The zero-order chi connectivity index (χ0) is 17.4. The molecule has 2 N–H and O–H groups in total. The Hall–Kier alpha value is -1.50. The van der Waals surface area contributed by atoms with E-state index < -0.39 is 0 Å². The molecule has 0 spiro atoms. The first-order valence-corrected chi connectivity index (χ1v) is 8.59. The van der Waals surface area contributed by atoms with Gasteiger partial charge in [-0.25, -0.2) is 4.39 Å². The van der Waals surface area contributed by atoms with Gasteiger partial charge in [-0.3, -0.25) is 9.69 Å². The van der Waals surface area contributed by atoms with Crippen LogP contribution in [0.2, 0.25) is 0 Å². The third kappa shape index (κ3) is 5.85. The second-order valence-corrected chi connectivity index (χ2v) is 6.20. The van der Waals surface area contributed by atoms with E-state index in [0.29, 0.717) is 19.6 Å². The van der Waals surface area contributed by atoms with Crippen molar-refractivity contribution in [3.05, 3.63) is 35.6 Å². The number of piperidine rings is 1. The van der Waals surface area contributed by atoms with Gasteiger partial charge in [-0.05, 0) is 43.9 Å². The van der Waals surface area contributed by atoms with Gasteiger partial charge in [0, 0.05) is 32.8 Å². The number of aliphatic hydroxyl groups excluding tert-OH is 1. The van der Waals surface area contributed by atoms with Crippen LogP contribution >= 0.6 is 0 Å². The predicted molar refractivity (Wildman–Crippen MR) is 90.0 cm³/mol. The van der Waals surface area contributed by atoms with Crippen LogP contribution in [0.15, 0.2) is 24.3 Å². The Morgan fingerprint density at radius 3 is 2.67 bits per heavy atom. The maximum atomic E-state index is 12.9. The van der Waals surface area contributed by atoms with Crippen molar-refractivity contribution >= 4 is 5.91 Å². The predicted octanol–water partition coefficient (Wildman–Crippen LogP) is 1.69. The SMILES string of the molecule is CC(C(=O)NCc1ccc(F)cc1)N1CCC(OCCCO)CC1. The number of likely N-dealkylation sites (tertiary alicyclic amines) is 1. The molecule has 134 valence electrons. The normalized spacial score (nSPS) is 17.6. The number of ether oxygens (including phenoxy) is 1. The molecule has 1 amide bonds. The van der Waals surface area contributed by atoms with Gasteiger partial charge in [0.2, 0.25) is 5.91 Å². The van der Waals surface area contributed by atoms with Crippen LogP contribution < -0.4 is 5.32 Å². The maximum absolute atomic E-state index is 12.9. The van der Waals surface area contributed by atoms with Crippen LogP contribution in [0.25, 0.3) is 0 Å². The number of nitrogens with one attached hydrogen (secondary N) is 1. The fourth-order valence-electron chi connectivity index (χ4n) is 2.85. The molecule has 0 saturated carbocycles. The summed E-state index contributed by atoms with van der Waals surface area (Å²) < 4.78 is 18.6. The van der Waals surface area contributed by atoms with Gasteiger partial charge in [0.1, 0.15) is 5.82 Å². The molecular formula is C18H27FN2O3. The molecule has 0 radical (unpaired) electrons. The van der Waals surface area contributed by atoms with E-state index >= 15 is 0 Å². The summed E-state index contributed by atoms with van der Waals surface area (Å²) in [5, 5.41) is 11.7. The first-order chi connectivity index (χ1) is 11.6. The Labute approximate surface area is 142 Å². The number of rotatable bonds is 8. The number of carbonyl (C=O) groups is 1. The highest BCUT2D eigenvalue weighted by molar-refractivity contribution is 5.81. The number of aliphatic hydroxyl groups is 1. The van der Waals surface area contributed by atoms with Crippen LogP contribution in [0.5, 0.6) is 0 Å². The summed E-state index contributed by atoms with van der Waals surface area (Å²) in [5.74, 6) is -0.290. The quantitative estimate of drug-likeness (QED) is 0.708. The van der Waals surface area contributed by atoms with Crippen molar-refractivity contribution in [3.8, 4) is 0 Å². The van der Waals surface area contributed by atoms with Gasteiger partial charge in [-0.1, -0.05) is 12.1 Å². The molecule has 0 aromatic heterocycles. The summed E-state index contributed by atoms with van der Waals surface area (Å²) in [6.45, 7) is 4.72. The molecule has 1 aliphatic heterocycles.